The van der Waals surface area contributed by atoms with Crippen molar-refractivity contribution in [3.05, 3.63) is 59.2 Å². The minimum absolute atomic E-state index is 0.0244. The maximum Gasteiger partial charge on any atom is 0.232 e. The number of ketones is 1. The molecule has 0 radical (unpaired) electrons. The average molecular weight is 448 g/mol. The van der Waals surface area contributed by atoms with Gasteiger partial charge in [-0.25, -0.2) is 0 Å². The molecule has 2 aliphatic rings. The number of rotatable bonds is 6. The predicted molar refractivity (Wildman–Crippen MR) is 126 cm³/mol. The Labute approximate surface area is 191 Å². The minimum Gasteiger partial charge on any atom is -0.341 e. The molecule has 2 aromatic carbocycles. The molecule has 1 N–H and O–H groups in total. The Morgan fingerprint density at radius 3 is 2.62 bits per heavy atom. The number of hydrogen-bond acceptors (Lipinski definition) is 6. The largest absolute Gasteiger partial charge is 0.341 e. The Balaban J connectivity index is 1.38. The average Bonchev–Trinajstić information content (AvgIpc) is 3.47. The third-order valence-corrected chi connectivity index (χ3v) is 6.88. The lowest BCUT2D eigenvalue weighted by Gasteiger charge is -2.18. The van der Waals surface area contributed by atoms with Gasteiger partial charge in [-0.15, -0.1) is 10.2 Å². The first-order chi connectivity index (χ1) is 15.6. The summed E-state index contributed by atoms with van der Waals surface area (Å²) in [7, 11) is 0. The van der Waals surface area contributed by atoms with Crippen molar-refractivity contribution >= 4 is 35.1 Å². The molecule has 1 saturated heterocycles. The summed E-state index contributed by atoms with van der Waals surface area (Å²) in [4.78, 5) is 26.8. The molecular weight excluding hydrogens is 422 g/mol. The first-order valence-corrected chi connectivity index (χ1v) is 11.9. The van der Waals surface area contributed by atoms with Gasteiger partial charge in [0.2, 0.25) is 11.9 Å². The van der Waals surface area contributed by atoms with E-state index in [4.69, 9.17) is 0 Å². The van der Waals surface area contributed by atoms with Gasteiger partial charge in [0.1, 0.15) is 0 Å². The number of nitrogens with zero attached hydrogens (tertiary/aromatic N) is 4. The zero-order valence-corrected chi connectivity index (χ0v) is 18.8. The lowest BCUT2D eigenvalue weighted by Crippen LogP contribution is -2.22. The van der Waals surface area contributed by atoms with Gasteiger partial charge in [0.25, 0.3) is 0 Å². The molecular formula is C24H25N5O2S. The highest BCUT2D eigenvalue weighted by Gasteiger charge is 2.23. The van der Waals surface area contributed by atoms with Crippen molar-refractivity contribution in [2.24, 2.45) is 0 Å². The van der Waals surface area contributed by atoms with Crippen molar-refractivity contribution < 1.29 is 9.59 Å². The highest BCUT2D eigenvalue weighted by Crippen LogP contribution is 2.30. The second-order valence-electron chi connectivity index (χ2n) is 8.28. The first-order valence-electron chi connectivity index (χ1n) is 10.9. The van der Waals surface area contributed by atoms with Crippen molar-refractivity contribution in [2.45, 2.75) is 37.8 Å². The fourth-order valence-corrected chi connectivity index (χ4v) is 5.01. The molecule has 2 aliphatic heterocycles. The summed E-state index contributed by atoms with van der Waals surface area (Å²) in [6.45, 7) is 4.01. The van der Waals surface area contributed by atoms with E-state index in [1.165, 1.54) is 17.3 Å². The van der Waals surface area contributed by atoms with E-state index in [-0.39, 0.29) is 17.4 Å². The summed E-state index contributed by atoms with van der Waals surface area (Å²) < 4.78 is 2.06. The van der Waals surface area contributed by atoms with Crippen LogP contribution in [0.5, 0.6) is 0 Å². The van der Waals surface area contributed by atoms with Crippen LogP contribution in [-0.4, -0.2) is 45.3 Å². The maximum absolute atomic E-state index is 12.9. The molecule has 0 unspecified atom stereocenters. The van der Waals surface area contributed by atoms with E-state index in [1.54, 1.807) is 6.07 Å². The molecule has 8 heteroatoms. The van der Waals surface area contributed by atoms with Crippen LogP contribution >= 0.6 is 11.8 Å². The van der Waals surface area contributed by atoms with Gasteiger partial charge >= 0.3 is 0 Å². The van der Waals surface area contributed by atoms with Crippen LogP contribution in [0.3, 0.4) is 0 Å². The molecule has 164 valence electrons. The molecule has 0 atom stereocenters. The molecule has 32 heavy (non-hydrogen) atoms. The highest BCUT2D eigenvalue weighted by atomic mass is 32.2. The predicted octanol–water partition coefficient (Wildman–Crippen LogP) is 4.04. The monoisotopic (exact) mass is 447 g/mol. The van der Waals surface area contributed by atoms with Gasteiger partial charge in [-0.2, -0.15) is 0 Å². The number of hydrogen-bond donors (Lipinski definition) is 1. The Bertz CT molecular complexity index is 1170. The number of benzene rings is 2. The van der Waals surface area contributed by atoms with Gasteiger partial charge < -0.3 is 10.2 Å². The summed E-state index contributed by atoms with van der Waals surface area (Å²) in [5.74, 6) is 1.17. The lowest BCUT2D eigenvalue weighted by atomic mass is 9.99. The fraction of sp³-hybridized carbons (Fsp3) is 0.333. The molecule has 1 fully saturated rings. The van der Waals surface area contributed by atoms with Crippen LogP contribution < -0.4 is 10.2 Å². The molecule has 0 spiro atoms. The summed E-state index contributed by atoms with van der Waals surface area (Å²) in [5.41, 5.74) is 4.67. The van der Waals surface area contributed by atoms with Crippen LogP contribution in [0.15, 0.2) is 47.6 Å². The van der Waals surface area contributed by atoms with Gasteiger partial charge in [-0.3, -0.25) is 14.2 Å². The maximum atomic E-state index is 12.9. The Morgan fingerprint density at radius 2 is 1.84 bits per heavy atom. The van der Waals surface area contributed by atoms with Crippen LogP contribution in [0.25, 0.3) is 5.69 Å². The van der Waals surface area contributed by atoms with Crippen molar-refractivity contribution in [1.29, 1.82) is 0 Å². The van der Waals surface area contributed by atoms with Gasteiger partial charge in [-0.05, 0) is 62.1 Å². The van der Waals surface area contributed by atoms with E-state index < -0.39 is 0 Å². The second kappa shape index (κ2) is 8.78. The number of Topliss-reactive ketones (excluding diaryl/α,β-unsaturated/α-hetero) is 1. The number of aryl methyl sites for hydroxylation is 2. The van der Waals surface area contributed by atoms with E-state index in [0.29, 0.717) is 23.6 Å². The van der Waals surface area contributed by atoms with Crippen molar-refractivity contribution in [2.75, 3.05) is 29.1 Å². The lowest BCUT2D eigenvalue weighted by molar-refractivity contribution is -0.116. The van der Waals surface area contributed by atoms with Crippen molar-refractivity contribution in [1.82, 2.24) is 14.8 Å². The Morgan fingerprint density at radius 1 is 1.06 bits per heavy atom. The molecule has 0 aliphatic carbocycles. The van der Waals surface area contributed by atoms with E-state index in [2.05, 4.69) is 56.2 Å². The number of thioether (sulfide) groups is 1. The van der Waals surface area contributed by atoms with Gasteiger partial charge in [0, 0.05) is 30.8 Å². The van der Waals surface area contributed by atoms with Crippen molar-refractivity contribution in [3.63, 3.8) is 0 Å². The topological polar surface area (TPSA) is 80.1 Å². The standard InChI is InChI=1S/C24H25N5O2S/c1-16-4-8-19(9-5-16)29-23(28-12-2-3-13-28)26-27-24(29)32-15-21(30)18-6-10-20-17(14-18)7-11-22(31)25-20/h4-6,8-10,14H,2-3,7,11-13,15H2,1H3,(H,25,31). The number of nitrogens with one attached hydrogen (secondary N) is 1. The number of anilines is 2. The number of fused-ring (bicyclic) bond motifs is 1. The number of carbonyl (C=O) groups excluding carboxylic acids is 2. The van der Waals surface area contributed by atoms with Crippen LogP contribution in [-0.2, 0) is 11.2 Å². The summed E-state index contributed by atoms with van der Waals surface area (Å²) in [5, 5.41) is 12.5. The van der Waals surface area contributed by atoms with Crippen LogP contribution in [0.2, 0.25) is 0 Å². The van der Waals surface area contributed by atoms with Crippen LogP contribution in [0.1, 0.15) is 40.7 Å². The molecule has 7 nitrogen and oxygen atoms in total. The Hall–Kier alpha value is -3.13. The molecule has 5 rings (SSSR count). The normalized spacial score (nSPS) is 15.5. The third-order valence-electron chi connectivity index (χ3n) is 5.95. The van der Waals surface area contributed by atoms with Crippen LogP contribution in [0.4, 0.5) is 11.6 Å². The van der Waals surface area contributed by atoms with Crippen molar-refractivity contribution in [3.8, 4) is 5.69 Å². The van der Waals surface area contributed by atoms with E-state index in [0.717, 1.165) is 48.8 Å². The minimum atomic E-state index is 0.0244. The zero-order chi connectivity index (χ0) is 22.1. The third kappa shape index (κ3) is 4.14. The molecule has 0 saturated carbocycles. The van der Waals surface area contributed by atoms with E-state index in [9.17, 15) is 9.59 Å². The quantitative estimate of drug-likeness (QED) is 0.454. The molecule has 3 aromatic rings. The summed E-state index contributed by atoms with van der Waals surface area (Å²) in [6.07, 6.45) is 3.43. The first kappa shape index (κ1) is 20.8. The molecule has 0 bridgehead atoms. The van der Waals surface area contributed by atoms with Gasteiger partial charge in [0.05, 0.1) is 11.4 Å². The summed E-state index contributed by atoms with van der Waals surface area (Å²) >= 11 is 1.41. The Kier molecular flexibility index (Phi) is 5.70. The smallest absolute Gasteiger partial charge is 0.232 e. The zero-order valence-electron chi connectivity index (χ0n) is 18.0. The molecule has 1 aromatic heterocycles. The van der Waals surface area contributed by atoms with E-state index in [1.807, 2.05) is 12.1 Å². The number of aromatic nitrogens is 3. The SMILES string of the molecule is Cc1ccc(-n2c(SCC(=O)c3ccc4c(c3)CCC(=O)N4)nnc2N2CCCC2)cc1. The number of amides is 1. The molecule has 3 heterocycles. The van der Waals surface area contributed by atoms with Gasteiger partial charge in [-0.1, -0.05) is 29.5 Å². The van der Waals surface area contributed by atoms with Crippen LogP contribution in [0, 0.1) is 6.92 Å². The van der Waals surface area contributed by atoms with Gasteiger partial charge in [0.15, 0.2) is 10.9 Å². The fourth-order valence-electron chi connectivity index (χ4n) is 4.17. The highest BCUT2D eigenvalue weighted by molar-refractivity contribution is 7.99. The summed E-state index contributed by atoms with van der Waals surface area (Å²) in [6, 6.07) is 13.8. The van der Waals surface area contributed by atoms with E-state index >= 15 is 0 Å². The second-order valence-corrected chi connectivity index (χ2v) is 9.22. The molecule has 1 amide bonds. The number of carbonyl (C=O) groups is 2.